The number of carbonyl (C=O) groups excluding carboxylic acids is 2. The second kappa shape index (κ2) is 10.5. The van der Waals surface area contributed by atoms with E-state index in [9.17, 15) is 22.8 Å². The number of nitrogens with zero attached hydrogens (tertiary/aromatic N) is 4. The van der Waals surface area contributed by atoms with E-state index < -0.39 is 48.7 Å². The summed E-state index contributed by atoms with van der Waals surface area (Å²) in [4.78, 5) is 35.2. The number of ether oxygens (including phenoxy) is 1. The summed E-state index contributed by atoms with van der Waals surface area (Å²) in [5.74, 6) is -4.42. The number of hydrogen-bond donors (Lipinski definition) is 2. The van der Waals surface area contributed by atoms with E-state index in [-0.39, 0.29) is 41.7 Å². The van der Waals surface area contributed by atoms with Crippen LogP contribution in [0.1, 0.15) is 37.2 Å². The van der Waals surface area contributed by atoms with Gasteiger partial charge >= 0.3 is 5.97 Å². The van der Waals surface area contributed by atoms with Crippen LogP contribution in [0.15, 0.2) is 46.9 Å². The molecule has 0 bridgehead atoms. The number of amides is 1. The van der Waals surface area contributed by atoms with E-state index >= 15 is 0 Å². The number of amidine groups is 1. The number of primary amides is 1. The number of aromatic nitrogens is 2. The number of aliphatic imine (C=N–C) groups is 1. The molecular weight excluding hydrogens is 513 g/mol. The van der Waals surface area contributed by atoms with Crippen LogP contribution in [0.25, 0.3) is 0 Å². The molecule has 2 unspecified atom stereocenters. The molecule has 0 radical (unpaired) electrons. The first kappa shape index (κ1) is 26.7. The number of rotatable bonds is 8. The zero-order chi connectivity index (χ0) is 26.9. The first-order chi connectivity index (χ1) is 17.5. The number of nitrogens with two attached hydrogens (primary N) is 1. The standard InChI is InChI=1S/C24H26ClF3N6O3/c1-3-37-23(36)19-17(11-34-12-24(27,28)10-14(34)9-18(29)35)31-21(22-30-6-7-33(22)2)32-20(19)15-5-4-13(26)8-16(15)25/h4-8,14,20H,3,9-12H2,1-2H3,(H2,29,35)(H,31,32). The Morgan fingerprint density at radius 3 is 2.73 bits per heavy atom. The van der Waals surface area contributed by atoms with Crippen molar-refractivity contribution < 1.29 is 27.5 Å². The number of benzene rings is 1. The van der Waals surface area contributed by atoms with Gasteiger partial charge in [0.2, 0.25) is 5.91 Å². The fourth-order valence-corrected chi connectivity index (χ4v) is 4.88. The van der Waals surface area contributed by atoms with Gasteiger partial charge in [-0.1, -0.05) is 17.7 Å². The lowest BCUT2D eigenvalue weighted by molar-refractivity contribution is -0.139. The lowest BCUT2D eigenvalue weighted by Crippen LogP contribution is -2.43. The van der Waals surface area contributed by atoms with Crippen LogP contribution in [-0.2, 0) is 21.4 Å². The number of nitrogens with one attached hydrogen (secondary N) is 1. The number of halogens is 4. The Morgan fingerprint density at radius 1 is 1.35 bits per heavy atom. The molecule has 4 rings (SSSR count). The third kappa shape index (κ3) is 5.80. The molecule has 1 aromatic heterocycles. The smallest absolute Gasteiger partial charge is 0.338 e. The molecule has 2 aromatic rings. The molecule has 37 heavy (non-hydrogen) atoms. The summed E-state index contributed by atoms with van der Waals surface area (Å²) < 4.78 is 49.6. The maximum atomic E-state index is 14.4. The molecule has 0 spiro atoms. The van der Waals surface area contributed by atoms with E-state index in [0.717, 1.165) is 6.07 Å². The third-order valence-electron chi connectivity index (χ3n) is 6.19. The van der Waals surface area contributed by atoms with Crippen molar-refractivity contribution >= 4 is 29.3 Å². The average molecular weight is 539 g/mol. The van der Waals surface area contributed by atoms with Gasteiger partial charge in [-0.05, 0) is 19.1 Å². The van der Waals surface area contributed by atoms with E-state index in [2.05, 4.69) is 15.3 Å². The van der Waals surface area contributed by atoms with Crippen LogP contribution < -0.4 is 11.1 Å². The minimum atomic E-state index is -3.05. The molecule has 2 atom stereocenters. The highest BCUT2D eigenvalue weighted by molar-refractivity contribution is 6.31. The number of likely N-dealkylation sites (tertiary alicyclic amines) is 1. The fourth-order valence-electron chi connectivity index (χ4n) is 4.61. The predicted molar refractivity (Wildman–Crippen MR) is 129 cm³/mol. The van der Waals surface area contributed by atoms with Gasteiger partial charge in [-0.3, -0.25) is 14.7 Å². The van der Waals surface area contributed by atoms with Crippen LogP contribution >= 0.6 is 11.6 Å². The van der Waals surface area contributed by atoms with Gasteiger partial charge in [-0.25, -0.2) is 22.9 Å². The third-order valence-corrected chi connectivity index (χ3v) is 6.52. The van der Waals surface area contributed by atoms with Gasteiger partial charge in [-0.2, -0.15) is 0 Å². The Morgan fingerprint density at radius 2 is 2.11 bits per heavy atom. The van der Waals surface area contributed by atoms with Crippen LogP contribution in [0.5, 0.6) is 0 Å². The largest absolute Gasteiger partial charge is 0.463 e. The number of hydrogen-bond acceptors (Lipinski definition) is 7. The summed E-state index contributed by atoms with van der Waals surface area (Å²) in [5.41, 5.74) is 5.89. The molecule has 0 aliphatic carbocycles. The second-order valence-electron chi connectivity index (χ2n) is 8.93. The molecule has 2 aliphatic heterocycles. The topological polar surface area (TPSA) is 115 Å². The quantitative estimate of drug-likeness (QED) is 0.499. The first-order valence-electron chi connectivity index (χ1n) is 11.6. The van der Waals surface area contributed by atoms with Gasteiger partial charge in [0.25, 0.3) is 5.92 Å². The van der Waals surface area contributed by atoms with Gasteiger partial charge in [-0.15, -0.1) is 0 Å². The van der Waals surface area contributed by atoms with Gasteiger partial charge in [0.15, 0.2) is 11.7 Å². The molecule has 198 valence electrons. The average Bonchev–Trinajstić information content (AvgIpc) is 3.34. The summed E-state index contributed by atoms with van der Waals surface area (Å²) >= 11 is 6.36. The molecular formula is C24H26ClF3N6O3. The van der Waals surface area contributed by atoms with E-state index in [1.807, 2.05) is 0 Å². The van der Waals surface area contributed by atoms with Crippen LogP contribution in [0.2, 0.25) is 5.02 Å². The van der Waals surface area contributed by atoms with E-state index in [0.29, 0.717) is 11.4 Å². The lowest BCUT2D eigenvalue weighted by Gasteiger charge is -2.31. The zero-order valence-corrected chi connectivity index (χ0v) is 20.9. The molecule has 1 amide bonds. The minimum Gasteiger partial charge on any atom is -0.463 e. The predicted octanol–water partition coefficient (Wildman–Crippen LogP) is 2.71. The summed E-state index contributed by atoms with van der Waals surface area (Å²) in [6.45, 7) is 0.867. The van der Waals surface area contributed by atoms with Crippen LogP contribution in [0.4, 0.5) is 13.2 Å². The molecule has 1 fully saturated rings. The lowest BCUT2D eigenvalue weighted by atomic mass is 9.95. The summed E-state index contributed by atoms with van der Waals surface area (Å²) in [6, 6.07) is 1.80. The van der Waals surface area contributed by atoms with Crippen molar-refractivity contribution in [3.8, 4) is 0 Å². The SMILES string of the molecule is CCOC(=O)C1=C(CN2CC(F)(F)CC2CC(N)=O)NC(c2nccn2C)=NC1c1ccc(F)cc1Cl. The monoisotopic (exact) mass is 538 g/mol. The molecule has 2 aliphatic rings. The number of imidazole rings is 1. The fraction of sp³-hybridized carbons (Fsp3) is 0.417. The van der Waals surface area contributed by atoms with Gasteiger partial charge in [0.05, 0.1) is 18.7 Å². The Balaban J connectivity index is 1.85. The normalized spacial score (nSPS) is 21.5. The van der Waals surface area contributed by atoms with Crippen LogP contribution in [0.3, 0.4) is 0 Å². The van der Waals surface area contributed by atoms with Gasteiger partial charge in [0.1, 0.15) is 11.9 Å². The van der Waals surface area contributed by atoms with Crippen molar-refractivity contribution in [1.82, 2.24) is 19.8 Å². The highest BCUT2D eigenvalue weighted by atomic mass is 35.5. The number of alkyl halides is 2. The first-order valence-corrected chi connectivity index (χ1v) is 11.9. The number of carbonyl (C=O) groups is 2. The molecule has 9 nitrogen and oxygen atoms in total. The van der Waals surface area contributed by atoms with E-state index in [1.54, 1.807) is 30.9 Å². The van der Waals surface area contributed by atoms with Crippen molar-refractivity contribution in [2.24, 2.45) is 17.8 Å². The number of aryl methyl sites for hydroxylation is 1. The Hall–Kier alpha value is -3.38. The highest BCUT2D eigenvalue weighted by Gasteiger charge is 2.46. The minimum absolute atomic E-state index is 0.0234. The zero-order valence-electron chi connectivity index (χ0n) is 20.2. The van der Waals surface area contributed by atoms with Crippen molar-refractivity contribution in [2.45, 2.75) is 37.8 Å². The molecule has 3 N–H and O–H groups in total. The van der Waals surface area contributed by atoms with Gasteiger partial charge in [0, 0.05) is 61.2 Å². The maximum absolute atomic E-state index is 14.4. The van der Waals surface area contributed by atoms with Crippen molar-refractivity contribution in [3.05, 3.63) is 64.1 Å². The molecule has 3 heterocycles. The van der Waals surface area contributed by atoms with Crippen LogP contribution in [0, 0.1) is 5.82 Å². The molecule has 13 heteroatoms. The Kier molecular flexibility index (Phi) is 7.60. The maximum Gasteiger partial charge on any atom is 0.338 e. The van der Waals surface area contributed by atoms with Crippen molar-refractivity contribution in [3.63, 3.8) is 0 Å². The summed E-state index contributed by atoms with van der Waals surface area (Å²) in [7, 11) is 1.74. The van der Waals surface area contributed by atoms with Crippen molar-refractivity contribution in [1.29, 1.82) is 0 Å². The Labute approximate surface area is 216 Å². The van der Waals surface area contributed by atoms with E-state index in [4.69, 9.17) is 22.1 Å². The second-order valence-corrected chi connectivity index (χ2v) is 9.34. The number of esters is 1. The van der Waals surface area contributed by atoms with E-state index in [1.165, 1.54) is 17.0 Å². The molecule has 1 aromatic carbocycles. The van der Waals surface area contributed by atoms with Gasteiger partial charge < -0.3 is 20.4 Å². The molecule has 1 saturated heterocycles. The van der Waals surface area contributed by atoms with Crippen molar-refractivity contribution in [2.75, 3.05) is 19.7 Å². The van der Waals surface area contributed by atoms with Crippen LogP contribution in [-0.4, -0.2) is 63.8 Å². The summed E-state index contributed by atoms with van der Waals surface area (Å²) in [5, 5.41) is 3.09. The summed E-state index contributed by atoms with van der Waals surface area (Å²) in [6.07, 6.45) is 2.41. The molecule has 0 saturated carbocycles. The Bertz CT molecular complexity index is 1280. The highest BCUT2D eigenvalue weighted by Crippen LogP contribution is 2.38.